The Morgan fingerprint density at radius 2 is 1.88 bits per heavy atom. The van der Waals surface area contributed by atoms with Crippen molar-refractivity contribution in [2.75, 3.05) is 38.1 Å². The van der Waals surface area contributed by atoms with Crippen LogP contribution in [0.5, 0.6) is 0 Å². The van der Waals surface area contributed by atoms with Crippen molar-refractivity contribution in [1.82, 2.24) is 19.4 Å². The third-order valence-corrected chi connectivity index (χ3v) is 6.38. The molecule has 1 fully saturated rings. The topological polar surface area (TPSA) is 154 Å². The minimum atomic E-state index is -1.35. The molecule has 1 aromatic carbocycles. The van der Waals surface area contributed by atoms with Crippen molar-refractivity contribution < 1.29 is 19.8 Å². The zero-order valence-corrected chi connectivity index (χ0v) is 19.1. The van der Waals surface area contributed by atoms with E-state index in [9.17, 15) is 24.6 Å². The highest BCUT2D eigenvalue weighted by molar-refractivity contribution is 5.89. The summed E-state index contributed by atoms with van der Waals surface area (Å²) in [6.07, 6.45) is 3.31. The maximum atomic E-state index is 12.6. The predicted octanol–water partition coefficient (Wildman–Crippen LogP) is -0.532. The van der Waals surface area contributed by atoms with Gasteiger partial charge < -0.3 is 25.7 Å². The number of nitrogens with one attached hydrogen (secondary N) is 1. The summed E-state index contributed by atoms with van der Waals surface area (Å²) in [4.78, 5) is 44.7. The molecule has 0 spiro atoms. The Hall–Kier alpha value is -3.28. The molecule has 11 heteroatoms. The van der Waals surface area contributed by atoms with Gasteiger partial charge in [0.2, 0.25) is 5.91 Å². The number of aryl methyl sites for hydroxylation is 1. The summed E-state index contributed by atoms with van der Waals surface area (Å²) in [5, 5.41) is 21.8. The fourth-order valence-electron chi connectivity index (χ4n) is 4.27. The minimum absolute atomic E-state index is 0.139. The summed E-state index contributed by atoms with van der Waals surface area (Å²) >= 11 is 0. The number of nitrogens with two attached hydrogens (primary N) is 1. The standard InChI is InChI=1S/C23H30N6O5/c1-23(24,14-30)20(32)27-8-10-28(11-9-27)21(33)25-19-6-7-29(22(34)26-19)17-4-2-16-13-18(31)5-3-15(16)12-17/h2,4,6-7,12,18,30-31H,3,5,8-11,13-14,24H2,1H3,(H,25,26,33,34)/t18?,23-/m0/s1. The number of urea groups is 1. The molecule has 34 heavy (non-hydrogen) atoms. The van der Waals surface area contributed by atoms with Crippen LogP contribution in [-0.2, 0) is 17.6 Å². The minimum Gasteiger partial charge on any atom is -0.394 e. The maximum absolute atomic E-state index is 12.6. The van der Waals surface area contributed by atoms with Crippen LogP contribution in [0.3, 0.4) is 0 Å². The lowest BCUT2D eigenvalue weighted by Crippen LogP contribution is -2.60. The number of anilines is 1. The normalized spacial score (nSPS) is 19.8. The first-order valence-electron chi connectivity index (χ1n) is 11.3. The van der Waals surface area contributed by atoms with E-state index >= 15 is 0 Å². The highest BCUT2D eigenvalue weighted by atomic mass is 16.3. The molecule has 1 unspecified atom stereocenters. The lowest BCUT2D eigenvalue weighted by molar-refractivity contribution is -0.139. The summed E-state index contributed by atoms with van der Waals surface area (Å²) in [6, 6.07) is 6.83. The van der Waals surface area contributed by atoms with Gasteiger partial charge in [0.15, 0.2) is 0 Å². The zero-order valence-electron chi connectivity index (χ0n) is 19.1. The second kappa shape index (κ2) is 9.53. The van der Waals surface area contributed by atoms with Gasteiger partial charge in [-0.05, 0) is 55.5 Å². The zero-order chi connectivity index (χ0) is 24.5. The van der Waals surface area contributed by atoms with E-state index in [1.165, 1.54) is 21.3 Å². The van der Waals surface area contributed by atoms with E-state index in [2.05, 4.69) is 10.3 Å². The molecule has 2 heterocycles. The highest BCUT2D eigenvalue weighted by Gasteiger charge is 2.34. The molecule has 4 rings (SSSR count). The molecule has 0 saturated carbocycles. The summed E-state index contributed by atoms with van der Waals surface area (Å²) < 4.78 is 1.41. The SMILES string of the molecule is C[C@](N)(CO)C(=O)N1CCN(C(=O)Nc2ccn(-c3ccc4c(c3)CCC(O)C4)c(=O)n2)CC1. The Kier molecular flexibility index (Phi) is 6.69. The Bertz CT molecular complexity index is 1140. The van der Waals surface area contributed by atoms with E-state index in [0.717, 1.165) is 17.5 Å². The Morgan fingerprint density at radius 1 is 1.18 bits per heavy atom. The first-order chi connectivity index (χ1) is 16.2. The van der Waals surface area contributed by atoms with Gasteiger partial charge in [-0.1, -0.05) is 6.07 Å². The average Bonchev–Trinajstić information content (AvgIpc) is 2.83. The number of nitrogens with zero attached hydrogens (tertiary/aromatic N) is 4. The fourth-order valence-corrected chi connectivity index (χ4v) is 4.27. The Morgan fingerprint density at radius 3 is 2.56 bits per heavy atom. The molecular weight excluding hydrogens is 440 g/mol. The van der Waals surface area contributed by atoms with E-state index in [-0.39, 0.29) is 17.8 Å². The molecule has 1 aliphatic heterocycles. The largest absolute Gasteiger partial charge is 0.394 e. The van der Waals surface area contributed by atoms with Gasteiger partial charge in [0, 0.05) is 32.4 Å². The number of carbonyl (C=O) groups excluding carboxylic acids is 2. The first kappa shape index (κ1) is 23.9. The van der Waals surface area contributed by atoms with E-state index < -0.39 is 23.9 Å². The molecule has 11 nitrogen and oxygen atoms in total. The number of aliphatic hydroxyl groups excluding tert-OH is 2. The van der Waals surface area contributed by atoms with Gasteiger partial charge in [-0.25, -0.2) is 9.59 Å². The number of rotatable bonds is 4. The fraction of sp³-hybridized carbons (Fsp3) is 0.478. The van der Waals surface area contributed by atoms with E-state index in [1.54, 1.807) is 12.3 Å². The predicted molar refractivity (Wildman–Crippen MR) is 125 cm³/mol. The number of fused-ring (bicyclic) bond motifs is 1. The van der Waals surface area contributed by atoms with Crippen LogP contribution in [0.1, 0.15) is 24.5 Å². The molecular formula is C23H30N6O5. The van der Waals surface area contributed by atoms with Crippen molar-refractivity contribution >= 4 is 17.8 Å². The summed E-state index contributed by atoms with van der Waals surface area (Å²) in [7, 11) is 0. The second-order valence-corrected chi connectivity index (χ2v) is 9.10. The van der Waals surface area contributed by atoms with Gasteiger partial charge in [-0.3, -0.25) is 14.7 Å². The van der Waals surface area contributed by atoms with Gasteiger partial charge in [0.05, 0.1) is 18.4 Å². The smallest absolute Gasteiger partial charge is 0.354 e. The number of carbonyl (C=O) groups is 2. The Balaban J connectivity index is 1.38. The molecule has 1 aromatic heterocycles. The third-order valence-electron chi connectivity index (χ3n) is 6.38. The molecule has 5 N–H and O–H groups in total. The lowest BCUT2D eigenvalue weighted by Gasteiger charge is -2.37. The highest BCUT2D eigenvalue weighted by Crippen LogP contribution is 2.23. The van der Waals surface area contributed by atoms with Crippen molar-refractivity contribution in [2.24, 2.45) is 5.73 Å². The number of aliphatic hydroxyl groups is 2. The molecule has 3 amide bonds. The van der Waals surface area contributed by atoms with Crippen LogP contribution in [0.4, 0.5) is 10.6 Å². The van der Waals surface area contributed by atoms with Gasteiger partial charge in [0.25, 0.3) is 0 Å². The number of benzene rings is 1. The monoisotopic (exact) mass is 470 g/mol. The van der Waals surface area contributed by atoms with Crippen molar-refractivity contribution in [3.05, 3.63) is 52.1 Å². The second-order valence-electron chi connectivity index (χ2n) is 9.10. The molecule has 1 aliphatic carbocycles. The molecule has 0 radical (unpaired) electrons. The average molecular weight is 471 g/mol. The maximum Gasteiger partial charge on any atom is 0.354 e. The van der Waals surface area contributed by atoms with Crippen LogP contribution in [0.25, 0.3) is 5.69 Å². The van der Waals surface area contributed by atoms with Crippen molar-refractivity contribution in [3.63, 3.8) is 0 Å². The number of hydrogen-bond acceptors (Lipinski definition) is 7. The van der Waals surface area contributed by atoms with Crippen LogP contribution >= 0.6 is 0 Å². The molecule has 2 aromatic rings. The van der Waals surface area contributed by atoms with E-state index in [4.69, 9.17) is 5.73 Å². The molecule has 182 valence electrons. The Labute approximate surface area is 196 Å². The quantitative estimate of drug-likeness (QED) is 0.468. The number of aromatic nitrogens is 2. The van der Waals surface area contributed by atoms with Gasteiger partial charge in [0.1, 0.15) is 11.4 Å². The van der Waals surface area contributed by atoms with Gasteiger partial charge in [-0.15, -0.1) is 0 Å². The van der Waals surface area contributed by atoms with Crippen LogP contribution in [-0.4, -0.2) is 85.9 Å². The summed E-state index contributed by atoms with van der Waals surface area (Å²) in [6.45, 7) is 2.18. The van der Waals surface area contributed by atoms with Crippen molar-refractivity contribution in [1.29, 1.82) is 0 Å². The first-order valence-corrected chi connectivity index (χ1v) is 11.3. The van der Waals surface area contributed by atoms with Crippen LogP contribution < -0.4 is 16.7 Å². The van der Waals surface area contributed by atoms with Gasteiger partial charge in [-0.2, -0.15) is 4.98 Å². The molecule has 1 saturated heterocycles. The van der Waals surface area contributed by atoms with E-state index in [0.29, 0.717) is 44.7 Å². The number of hydrogen-bond donors (Lipinski definition) is 4. The van der Waals surface area contributed by atoms with Gasteiger partial charge >= 0.3 is 11.7 Å². The number of piperazine rings is 1. The van der Waals surface area contributed by atoms with Crippen LogP contribution in [0, 0.1) is 0 Å². The number of amides is 3. The van der Waals surface area contributed by atoms with Crippen molar-refractivity contribution in [3.8, 4) is 5.69 Å². The molecule has 2 aliphatic rings. The lowest BCUT2D eigenvalue weighted by atomic mass is 9.89. The van der Waals surface area contributed by atoms with Crippen molar-refractivity contribution in [2.45, 2.75) is 37.8 Å². The summed E-state index contributed by atoms with van der Waals surface area (Å²) in [5.41, 5.74) is 6.82. The molecule has 0 bridgehead atoms. The summed E-state index contributed by atoms with van der Waals surface area (Å²) in [5.74, 6) is -0.223. The van der Waals surface area contributed by atoms with E-state index in [1.807, 2.05) is 18.2 Å². The third kappa shape index (κ3) is 4.96. The molecule has 2 atom stereocenters. The van der Waals surface area contributed by atoms with Crippen LogP contribution in [0.2, 0.25) is 0 Å². The van der Waals surface area contributed by atoms with Crippen LogP contribution in [0.15, 0.2) is 35.3 Å².